The molecule has 0 aromatic heterocycles. The monoisotopic (exact) mass is 134 g/mol. The molecular formula is C6H11FO2. The van der Waals surface area contributed by atoms with Crippen LogP contribution in [0.2, 0.25) is 0 Å². The van der Waals surface area contributed by atoms with E-state index in [2.05, 4.69) is 4.74 Å². The minimum atomic E-state index is -0.480. The molecule has 0 heterocycles. The van der Waals surface area contributed by atoms with Crippen LogP contribution in [-0.2, 0) is 9.53 Å². The summed E-state index contributed by atoms with van der Waals surface area (Å²) in [7, 11) is 1.49. The second-order valence-corrected chi connectivity index (χ2v) is 1.88. The van der Waals surface area contributed by atoms with Gasteiger partial charge in [-0.2, -0.15) is 0 Å². The maximum absolute atomic E-state index is 11.8. The molecule has 0 amide bonds. The number of carbonyl (C=O) groups is 1. The summed E-state index contributed by atoms with van der Waals surface area (Å²) < 4.78 is 16.4. The van der Waals surface area contributed by atoms with Gasteiger partial charge in [-0.25, -0.2) is 0 Å². The SMILES string of the molecule is COCC(CF)CC=O. The number of aldehydes is 1. The summed E-state index contributed by atoms with van der Waals surface area (Å²) in [5.74, 6) is -0.243. The molecule has 0 N–H and O–H groups in total. The smallest absolute Gasteiger partial charge is 0.120 e. The second-order valence-electron chi connectivity index (χ2n) is 1.88. The molecule has 0 aromatic rings. The molecule has 0 saturated heterocycles. The van der Waals surface area contributed by atoms with Gasteiger partial charge in [0, 0.05) is 19.4 Å². The van der Waals surface area contributed by atoms with Gasteiger partial charge in [-0.15, -0.1) is 0 Å². The molecule has 9 heavy (non-hydrogen) atoms. The maximum Gasteiger partial charge on any atom is 0.120 e. The van der Waals surface area contributed by atoms with Crippen LogP contribution in [0.3, 0.4) is 0 Å². The fourth-order valence-corrected chi connectivity index (χ4v) is 0.547. The van der Waals surface area contributed by atoms with Crippen molar-refractivity contribution in [1.29, 1.82) is 0 Å². The molecule has 2 nitrogen and oxygen atoms in total. The lowest BCUT2D eigenvalue weighted by atomic mass is 10.1. The third-order valence-electron chi connectivity index (χ3n) is 1.05. The van der Waals surface area contributed by atoms with E-state index in [1.165, 1.54) is 7.11 Å². The molecule has 0 radical (unpaired) electrons. The Morgan fingerprint density at radius 2 is 2.44 bits per heavy atom. The lowest BCUT2D eigenvalue weighted by Gasteiger charge is -2.05. The number of hydrogen-bond acceptors (Lipinski definition) is 2. The predicted molar refractivity (Wildman–Crippen MR) is 32.0 cm³/mol. The quantitative estimate of drug-likeness (QED) is 0.520. The van der Waals surface area contributed by atoms with Crippen LogP contribution in [-0.4, -0.2) is 26.7 Å². The van der Waals surface area contributed by atoms with Crippen molar-refractivity contribution in [3.63, 3.8) is 0 Å². The van der Waals surface area contributed by atoms with Gasteiger partial charge in [-0.3, -0.25) is 4.39 Å². The Balaban J connectivity index is 3.28. The van der Waals surface area contributed by atoms with Crippen LogP contribution < -0.4 is 0 Å². The molecule has 0 aliphatic rings. The molecule has 0 fully saturated rings. The number of methoxy groups -OCH3 is 1. The highest BCUT2D eigenvalue weighted by Crippen LogP contribution is 2.00. The van der Waals surface area contributed by atoms with Gasteiger partial charge in [-0.05, 0) is 0 Å². The number of hydrogen-bond donors (Lipinski definition) is 0. The first-order chi connectivity index (χ1) is 4.35. The number of rotatable bonds is 5. The Labute approximate surface area is 54.0 Å². The van der Waals surface area contributed by atoms with Gasteiger partial charge in [-0.1, -0.05) is 0 Å². The van der Waals surface area contributed by atoms with Crippen molar-refractivity contribution in [3.8, 4) is 0 Å². The minimum absolute atomic E-state index is 0.243. The molecule has 0 aliphatic heterocycles. The zero-order valence-corrected chi connectivity index (χ0v) is 5.47. The number of carbonyl (C=O) groups excluding carboxylic acids is 1. The summed E-state index contributed by atoms with van der Waals surface area (Å²) in [5.41, 5.74) is 0. The Morgan fingerprint density at radius 3 is 2.78 bits per heavy atom. The standard InChI is InChI=1S/C6H11FO2/c1-9-5-6(4-7)2-3-8/h3,6H,2,4-5H2,1H3. The van der Waals surface area contributed by atoms with E-state index in [1.54, 1.807) is 0 Å². The molecule has 0 rings (SSSR count). The van der Waals surface area contributed by atoms with E-state index in [9.17, 15) is 9.18 Å². The molecule has 3 heteroatoms. The molecule has 0 spiro atoms. The van der Waals surface area contributed by atoms with Crippen LogP contribution in [0.1, 0.15) is 6.42 Å². The summed E-state index contributed by atoms with van der Waals surface area (Å²) in [4.78, 5) is 9.83. The molecule has 0 aromatic carbocycles. The summed E-state index contributed by atoms with van der Waals surface area (Å²) in [6, 6.07) is 0. The van der Waals surface area contributed by atoms with Crippen LogP contribution in [0.25, 0.3) is 0 Å². The van der Waals surface area contributed by atoms with Crippen LogP contribution >= 0.6 is 0 Å². The average molecular weight is 134 g/mol. The molecule has 0 bridgehead atoms. The van der Waals surface area contributed by atoms with Gasteiger partial charge < -0.3 is 9.53 Å². The van der Waals surface area contributed by atoms with Crippen molar-refractivity contribution in [2.75, 3.05) is 20.4 Å². The first-order valence-corrected chi connectivity index (χ1v) is 2.83. The first kappa shape index (κ1) is 8.56. The van der Waals surface area contributed by atoms with E-state index < -0.39 is 6.67 Å². The average Bonchev–Trinajstić information content (AvgIpc) is 1.88. The highest BCUT2D eigenvalue weighted by atomic mass is 19.1. The number of ether oxygens (including phenoxy) is 1. The highest BCUT2D eigenvalue weighted by Gasteiger charge is 2.05. The number of halogens is 1. The van der Waals surface area contributed by atoms with E-state index in [0.717, 1.165) is 0 Å². The Bertz CT molecular complexity index is 75.5. The Hall–Kier alpha value is -0.440. The van der Waals surface area contributed by atoms with Gasteiger partial charge >= 0.3 is 0 Å². The predicted octanol–water partition coefficient (Wildman–Crippen LogP) is 0.808. The van der Waals surface area contributed by atoms with Gasteiger partial charge in [0.15, 0.2) is 0 Å². The van der Waals surface area contributed by atoms with Gasteiger partial charge in [0.25, 0.3) is 0 Å². The Morgan fingerprint density at radius 1 is 1.78 bits per heavy atom. The molecule has 1 atom stereocenters. The third kappa shape index (κ3) is 4.09. The maximum atomic E-state index is 11.8. The molecule has 54 valence electrons. The lowest BCUT2D eigenvalue weighted by molar-refractivity contribution is -0.109. The second kappa shape index (κ2) is 5.69. The summed E-state index contributed by atoms with van der Waals surface area (Å²) in [6.45, 7) is -0.151. The van der Waals surface area contributed by atoms with Crippen molar-refractivity contribution in [3.05, 3.63) is 0 Å². The molecule has 1 unspecified atom stereocenters. The highest BCUT2D eigenvalue weighted by molar-refractivity contribution is 5.49. The fourth-order valence-electron chi connectivity index (χ4n) is 0.547. The van der Waals surface area contributed by atoms with Gasteiger partial charge in [0.05, 0.1) is 13.3 Å². The van der Waals surface area contributed by atoms with Crippen LogP contribution in [0, 0.1) is 5.92 Å². The van der Waals surface area contributed by atoms with Gasteiger partial charge in [0.2, 0.25) is 0 Å². The molecule has 0 saturated carbocycles. The van der Waals surface area contributed by atoms with Crippen LogP contribution in [0.4, 0.5) is 4.39 Å². The fraction of sp³-hybridized carbons (Fsp3) is 0.833. The normalized spacial score (nSPS) is 13.1. The van der Waals surface area contributed by atoms with Crippen molar-refractivity contribution < 1.29 is 13.9 Å². The van der Waals surface area contributed by atoms with E-state index in [1.807, 2.05) is 0 Å². The zero-order valence-electron chi connectivity index (χ0n) is 5.47. The van der Waals surface area contributed by atoms with Crippen molar-refractivity contribution in [2.24, 2.45) is 5.92 Å². The van der Waals surface area contributed by atoms with E-state index in [4.69, 9.17) is 0 Å². The van der Waals surface area contributed by atoms with E-state index in [0.29, 0.717) is 12.9 Å². The molecule has 0 aliphatic carbocycles. The van der Waals surface area contributed by atoms with Gasteiger partial charge in [0.1, 0.15) is 6.29 Å². The summed E-state index contributed by atoms with van der Waals surface area (Å²) >= 11 is 0. The van der Waals surface area contributed by atoms with E-state index in [-0.39, 0.29) is 12.3 Å². The van der Waals surface area contributed by atoms with Crippen LogP contribution in [0.5, 0.6) is 0 Å². The van der Waals surface area contributed by atoms with Crippen molar-refractivity contribution in [2.45, 2.75) is 6.42 Å². The summed E-state index contributed by atoms with van der Waals surface area (Å²) in [5, 5.41) is 0. The minimum Gasteiger partial charge on any atom is -0.384 e. The largest absolute Gasteiger partial charge is 0.384 e. The lowest BCUT2D eigenvalue weighted by Crippen LogP contribution is -2.10. The van der Waals surface area contributed by atoms with Crippen LogP contribution in [0.15, 0.2) is 0 Å². The van der Waals surface area contributed by atoms with E-state index >= 15 is 0 Å². The third-order valence-corrected chi connectivity index (χ3v) is 1.05. The summed E-state index contributed by atoms with van der Waals surface area (Å²) in [6.07, 6.45) is 0.966. The van der Waals surface area contributed by atoms with Crippen molar-refractivity contribution in [1.82, 2.24) is 0 Å². The number of alkyl halides is 1. The van der Waals surface area contributed by atoms with Crippen molar-refractivity contribution >= 4 is 6.29 Å². The topological polar surface area (TPSA) is 26.3 Å². The molecular weight excluding hydrogens is 123 g/mol. The Kier molecular flexibility index (Phi) is 5.41. The first-order valence-electron chi connectivity index (χ1n) is 2.83. The zero-order chi connectivity index (χ0) is 7.11.